The lowest BCUT2D eigenvalue weighted by molar-refractivity contribution is -0.114. The summed E-state index contributed by atoms with van der Waals surface area (Å²) >= 11 is 1.17. The summed E-state index contributed by atoms with van der Waals surface area (Å²) in [6.45, 7) is 1.34. The molecule has 0 aliphatic heterocycles. The number of hydrogen-bond donors (Lipinski definition) is 2. The number of aromatic nitrogens is 5. The van der Waals surface area contributed by atoms with Gasteiger partial charge >= 0.3 is 0 Å². The number of rotatable bonds is 8. The minimum absolute atomic E-state index is 0.0714. The highest BCUT2D eigenvalue weighted by atomic mass is 32.2. The third kappa shape index (κ3) is 4.68. The SMILES string of the molecule is COc1ccc(OC)c(NC(=O)CSc2nnc(-c3nonc3NC(C)=O)n2C)c1. The van der Waals surface area contributed by atoms with Gasteiger partial charge in [0.15, 0.2) is 16.7 Å². The first-order chi connectivity index (χ1) is 14.4. The second kappa shape index (κ2) is 9.26. The van der Waals surface area contributed by atoms with Gasteiger partial charge < -0.3 is 24.7 Å². The highest BCUT2D eigenvalue weighted by Crippen LogP contribution is 2.30. The number of carbonyl (C=O) groups excluding carboxylic acids is 2. The van der Waals surface area contributed by atoms with Crippen molar-refractivity contribution in [2.45, 2.75) is 12.1 Å². The van der Waals surface area contributed by atoms with Gasteiger partial charge in [-0.3, -0.25) is 9.59 Å². The van der Waals surface area contributed by atoms with Crippen LogP contribution >= 0.6 is 11.8 Å². The number of carbonyl (C=O) groups is 2. The second-order valence-corrected chi connectivity index (χ2v) is 6.85. The molecule has 0 aliphatic carbocycles. The number of methoxy groups -OCH3 is 2. The number of hydrogen-bond acceptors (Lipinski definition) is 10. The first-order valence-electron chi connectivity index (χ1n) is 8.57. The van der Waals surface area contributed by atoms with E-state index in [1.807, 2.05) is 0 Å². The molecule has 0 saturated heterocycles. The van der Waals surface area contributed by atoms with Gasteiger partial charge in [0.2, 0.25) is 17.6 Å². The molecule has 3 rings (SSSR count). The maximum absolute atomic E-state index is 12.4. The van der Waals surface area contributed by atoms with E-state index < -0.39 is 0 Å². The van der Waals surface area contributed by atoms with E-state index in [-0.39, 0.29) is 29.1 Å². The average Bonchev–Trinajstić information content (AvgIpc) is 3.31. The number of benzene rings is 1. The summed E-state index contributed by atoms with van der Waals surface area (Å²) in [6, 6.07) is 5.11. The zero-order chi connectivity index (χ0) is 21.7. The highest BCUT2D eigenvalue weighted by Gasteiger charge is 2.21. The molecule has 0 radical (unpaired) electrons. The molecule has 30 heavy (non-hydrogen) atoms. The van der Waals surface area contributed by atoms with Crippen LogP contribution in [0.15, 0.2) is 28.0 Å². The van der Waals surface area contributed by atoms with Gasteiger partial charge in [0.1, 0.15) is 11.5 Å². The smallest absolute Gasteiger partial charge is 0.234 e. The second-order valence-electron chi connectivity index (χ2n) is 5.91. The standard InChI is InChI=1S/C17H19N7O5S/c1-9(25)18-15-14(22-29-23-15)16-20-21-17(24(16)2)30-8-13(26)19-11-7-10(27-3)5-6-12(11)28-4/h5-7H,8H2,1-4H3,(H,19,26)(H,18,23,25). The highest BCUT2D eigenvalue weighted by molar-refractivity contribution is 7.99. The Hall–Kier alpha value is -3.61. The molecule has 0 bridgehead atoms. The fourth-order valence-corrected chi connectivity index (χ4v) is 3.17. The summed E-state index contributed by atoms with van der Waals surface area (Å²) in [4.78, 5) is 23.7. The quantitative estimate of drug-likeness (QED) is 0.502. The molecule has 0 fully saturated rings. The van der Waals surface area contributed by atoms with Crippen molar-refractivity contribution in [3.63, 3.8) is 0 Å². The summed E-state index contributed by atoms with van der Waals surface area (Å²) in [5.41, 5.74) is 0.729. The Labute approximate surface area is 175 Å². The third-order valence-electron chi connectivity index (χ3n) is 3.84. The van der Waals surface area contributed by atoms with E-state index in [0.717, 1.165) is 0 Å². The maximum Gasteiger partial charge on any atom is 0.234 e. The summed E-state index contributed by atoms with van der Waals surface area (Å²) in [5.74, 6) is 1.05. The number of nitrogens with one attached hydrogen (secondary N) is 2. The molecule has 3 aromatic rings. The van der Waals surface area contributed by atoms with Crippen LogP contribution in [0.1, 0.15) is 6.92 Å². The van der Waals surface area contributed by atoms with Crippen molar-refractivity contribution in [1.29, 1.82) is 0 Å². The summed E-state index contributed by atoms with van der Waals surface area (Å²) < 4.78 is 16.7. The van der Waals surface area contributed by atoms with Gasteiger partial charge in [-0.25, -0.2) is 4.63 Å². The van der Waals surface area contributed by atoms with Crippen LogP contribution in [-0.4, -0.2) is 56.9 Å². The predicted octanol–water partition coefficient (Wildman–Crippen LogP) is 1.57. The van der Waals surface area contributed by atoms with E-state index in [1.165, 1.54) is 32.9 Å². The van der Waals surface area contributed by atoms with Crippen LogP contribution in [0.25, 0.3) is 11.5 Å². The predicted molar refractivity (Wildman–Crippen MR) is 107 cm³/mol. The monoisotopic (exact) mass is 433 g/mol. The molecule has 158 valence electrons. The molecule has 1 aromatic carbocycles. The molecule has 2 aromatic heterocycles. The van der Waals surface area contributed by atoms with Gasteiger partial charge in [-0.15, -0.1) is 10.2 Å². The molecule has 0 atom stereocenters. The molecular formula is C17H19N7O5S. The van der Waals surface area contributed by atoms with Gasteiger partial charge in [0.05, 0.1) is 25.7 Å². The van der Waals surface area contributed by atoms with Crippen molar-refractivity contribution >= 4 is 35.1 Å². The number of ether oxygens (including phenoxy) is 2. The molecule has 2 heterocycles. The Morgan fingerprint density at radius 3 is 2.67 bits per heavy atom. The van der Waals surface area contributed by atoms with Crippen molar-refractivity contribution in [3.05, 3.63) is 18.2 Å². The lowest BCUT2D eigenvalue weighted by Gasteiger charge is -2.11. The summed E-state index contributed by atoms with van der Waals surface area (Å²) in [6.07, 6.45) is 0. The molecule has 12 nitrogen and oxygen atoms in total. The van der Waals surface area contributed by atoms with E-state index in [9.17, 15) is 9.59 Å². The summed E-state index contributed by atoms with van der Waals surface area (Å²) in [7, 11) is 4.75. The fourth-order valence-electron chi connectivity index (χ4n) is 2.46. The Balaban J connectivity index is 1.68. The van der Waals surface area contributed by atoms with Crippen molar-refractivity contribution < 1.29 is 23.7 Å². The van der Waals surface area contributed by atoms with E-state index in [1.54, 1.807) is 29.8 Å². The molecule has 0 aliphatic rings. The molecule has 0 unspecified atom stereocenters. The van der Waals surface area contributed by atoms with Gasteiger partial charge in [-0.2, -0.15) is 0 Å². The van der Waals surface area contributed by atoms with Crippen LogP contribution in [0.2, 0.25) is 0 Å². The van der Waals surface area contributed by atoms with E-state index >= 15 is 0 Å². The van der Waals surface area contributed by atoms with Crippen molar-refractivity contribution in [3.8, 4) is 23.0 Å². The minimum Gasteiger partial charge on any atom is -0.497 e. The average molecular weight is 433 g/mol. The Morgan fingerprint density at radius 2 is 1.97 bits per heavy atom. The van der Waals surface area contributed by atoms with E-state index in [0.29, 0.717) is 28.2 Å². The normalized spacial score (nSPS) is 10.5. The maximum atomic E-state index is 12.4. The summed E-state index contributed by atoms with van der Waals surface area (Å²) in [5, 5.41) is 21.3. The Bertz CT molecular complexity index is 1060. The van der Waals surface area contributed by atoms with Crippen LogP contribution < -0.4 is 20.1 Å². The number of anilines is 2. The van der Waals surface area contributed by atoms with Gasteiger partial charge in [-0.05, 0) is 22.4 Å². The lowest BCUT2D eigenvalue weighted by Crippen LogP contribution is -2.15. The molecule has 0 spiro atoms. The minimum atomic E-state index is -0.326. The fraction of sp³-hybridized carbons (Fsp3) is 0.294. The first kappa shape index (κ1) is 21.1. The molecule has 13 heteroatoms. The van der Waals surface area contributed by atoms with Crippen molar-refractivity contribution in [1.82, 2.24) is 25.1 Å². The van der Waals surface area contributed by atoms with Crippen LogP contribution in [0.4, 0.5) is 11.5 Å². The van der Waals surface area contributed by atoms with Crippen LogP contribution in [-0.2, 0) is 16.6 Å². The van der Waals surface area contributed by atoms with Crippen LogP contribution in [0.3, 0.4) is 0 Å². The zero-order valence-electron chi connectivity index (χ0n) is 16.6. The topological polar surface area (TPSA) is 146 Å². The first-order valence-corrected chi connectivity index (χ1v) is 9.56. The third-order valence-corrected chi connectivity index (χ3v) is 4.86. The van der Waals surface area contributed by atoms with Gasteiger partial charge in [0, 0.05) is 20.0 Å². The Kier molecular flexibility index (Phi) is 6.51. The van der Waals surface area contributed by atoms with Crippen LogP contribution in [0, 0.1) is 0 Å². The molecular weight excluding hydrogens is 414 g/mol. The zero-order valence-corrected chi connectivity index (χ0v) is 17.4. The largest absolute Gasteiger partial charge is 0.497 e. The van der Waals surface area contributed by atoms with Crippen molar-refractivity contribution in [2.75, 3.05) is 30.6 Å². The van der Waals surface area contributed by atoms with E-state index in [2.05, 4.69) is 35.8 Å². The number of thioether (sulfide) groups is 1. The van der Waals surface area contributed by atoms with Gasteiger partial charge in [-0.1, -0.05) is 11.8 Å². The molecule has 2 N–H and O–H groups in total. The van der Waals surface area contributed by atoms with Crippen molar-refractivity contribution in [2.24, 2.45) is 7.05 Å². The molecule has 0 saturated carbocycles. The lowest BCUT2D eigenvalue weighted by atomic mass is 10.2. The molecule has 2 amide bonds. The van der Waals surface area contributed by atoms with Gasteiger partial charge in [0.25, 0.3) is 0 Å². The number of amides is 2. The van der Waals surface area contributed by atoms with E-state index in [4.69, 9.17) is 9.47 Å². The van der Waals surface area contributed by atoms with Crippen LogP contribution in [0.5, 0.6) is 11.5 Å². The Morgan fingerprint density at radius 1 is 1.17 bits per heavy atom. The number of nitrogens with zero attached hydrogens (tertiary/aromatic N) is 5.